The van der Waals surface area contributed by atoms with E-state index in [9.17, 15) is 0 Å². The van der Waals surface area contributed by atoms with Crippen LogP contribution in [0.2, 0.25) is 0 Å². The molecule has 0 radical (unpaired) electrons. The Morgan fingerprint density at radius 2 is 1.76 bits per heavy atom. The molecule has 2 aromatic carbocycles. The second kappa shape index (κ2) is 7.22. The summed E-state index contributed by atoms with van der Waals surface area (Å²) in [6.07, 6.45) is 7.88. The van der Waals surface area contributed by atoms with E-state index in [0.717, 1.165) is 36.3 Å². The Morgan fingerprint density at radius 1 is 0.960 bits per heavy atom. The molecule has 3 heteroatoms. The van der Waals surface area contributed by atoms with Gasteiger partial charge in [0.15, 0.2) is 11.5 Å². The molecular weight excluding hydrogens is 312 g/mol. The quantitative estimate of drug-likeness (QED) is 0.719. The summed E-state index contributed by atoms with van der Waals surface area (Å²) in [6, 6.07) is 16.6. The van der Waals surface area contributed by atoms with Crippen LogP contribution in [0.3, 0.4) is 0 Å². The third-order valence-corrected chi connectivity index (χ3v) is 5.08. The monoisotopic (exact) mass is 336 g/mol. The van der Waals surface area contributed by atoms with E-state index in [1.54, 1.807) is 7.11 Å². The van der Waals surface area contributed by atoms with E-state index >= 15 is 0 Å². The second-order valence-electron chi connectivity index (χ2n) is 6.77. The summed E-state index contributed by atoms with van der Waals surface area (Å²) < 4.78 is 17.6. The summed E-state index contributed by atoms with van der Waals surface area (Å²) in [6.45, 7) is 0. The predicted octanol–water partition coefficient (Wildman–Crippen LogP) is 5.52. The zero-order chi connectivity index (χ0) is 17.1. The summed E-state index contributed by atoms with van der Waals surface area (Å²) in [5, 5.41) is 0. The lowest BCUT2D eigenvalue weighted by Gasteiger charge is -2.18. The molecule has 2 aliphatic rings. The molecule has 1 aliphatic heterocycles. The molecule has 0 aromatic heterocycles. The van der Waals surface area contributed by atoms with Gasteiger partial charge in [-0.15, -0.1) is 0 Å². The van der Waals surface area contributed by atoms with Crippen molar-refractivity contribution in [3.8, 4) is 11.5 Å². The van der Waals surface area contributed by atoms with Crippen LogP contribution in [-0.2, 0) is 4.74 Å². The Labute approximate surface area is 149 Å². The van der Waals surface area contributed by atoms with Crippen LogP contribution in [0.15, 0.2) is 54.8 Å². The van der Waals surface area contributed by atoms with Crippen molar-refractivity contribution >= 4 is 5.57 Å². The Kier molecular flexibility index (Phi) is 4.64. The van der Waals surface area contributed by atoms with Crippen LogP contribution in [0, 0.1) is 0 Å². The number of rotatable bonds is 5. The fourth-order valence-corrected chi connectivity index (χ4v) is 3.67. The molecule has 1 saturated carbocycles. The minimum Gasteiger partial charge on any atom is -0.493 e. The van der Waals surface area contributed by atoms with E-state index in [2.05, 4.69) is 36.4 Å². The summed E-state index contributed by atoms with van der Waals surface area (Å²) in [4.78, 5) is 0. The summed E-state index contributed by atoms with van der Waals surface area (Å²) in [7, 11) is 1.69. The highest BCUT2D eigenvalue weighted by Crippen LogP contribution is 2.40. The van der Waals surface area contributed by atoms with Gasteiger partial charge in [0.25, 0.3) is 0 Å². The van der Waals surface area contributed by atoms with Gasteiger partial charge in [0, 0.05) is 6.42 Å². The molecule has 130 valence electrons. The number of hydrogen-bond acceptors (Lipinski definition) is 3. The lowest BCUT2D eigenvalue weighted by atomic mass is 9.99. The van der Waals surface area contributed by atoms with Crippen molar-refractivity contribution < 1.29 is 14.2 Å². The van der Waals surface area contributed by atoms with E-state index in [4.69, 9.17) is 14.2 Å². The highest BCUT2D eigenvalue weighted by atomic mass is 16.5. The first-order valence-electron chi connectivity index (χ1n) is 9.08. The van der Waals surface area contributed by atoms with Crippen molar-refractivity contribution in [3.05, 3.63) is 65.9 Å². The molecule has 1 fully saturated rings. The van der Waals surface area contributed by atoms with E-state index in [1.807, 2.05) is 18.4 Å². The Morgan fingerprint density at radius 3 is 2.52 bits per heavy atom. The maximum atomic E-state index is 6.21. The number of methoxy groups -OCH3 is 1. The number of hydrogen-bond donors (Lipinski definition) is 0. The van der Waals surface area contributed by atoms with Gasteiger partial charge < -0.3 is 14.2 Å². The van der Waals surface area contributed by atoms with Gasteiger partial charge in [-0.1, -0.05) is 36.4 Å². The van der Waals surface area contributed by atoms with Gasteiger partial charge in [-0.3, -0.25) is 0 Å². The van der Waals surface area contributed by atoms with Crippen molar-refractivity contribution in [2.45, 2.75) is 44.3 Å². The molecule has 1 heterocycles. The standard InChI is InChI=1S/C22H24O3/c1-23-20-12-11-17(13-22(20)25-19-9-5-6-10-19)21-14-18(15-24-21)16-7-3-2-4-8-16/h2-4,7-8,11-13,15,19,21H,5-6,9-10,14H2,1H3. The SMILES string of the molecule is COc1ccc(C2CC(c3ccccc3)=CO2)cc1OC1CCCC1. The van der Waals surface area contributed by atoms with Crippen LogP contribution >= 0.6 is 0 Å². The van der Waals surface area contributed by atoms with Gasteiger partial charge in [0.2, 0.25) is 0 Å². The largest absolute Gasteiger partial charge is 0.493 e. The third kappa shape index (κ3) is 3.51. The van der Waals surface area contributed by atoms with Gasteiger partial charge >= 0.3 is 0 Å². The Bertz CT molecular complexity index is 745. The van der Waals surface area contributed by atoms with Gasteiger partial charge in [-0.2, -0.15) is 0 Å². The molecule has 0 amide bonds. The van der Waals surface area contributed by atoms with Gasteiger partial charge in [-0.25, -0.2) is 0 Å². The summed E-state index contributed by atoms with van der Waals surface area (Å²) in [5.74, 6) is 1.63. The fraction of sp³-hybridized carbons (Fsp3) is 0.364. The topological polar surface area (TPSA) is 27.7 Å². The van der Waals surface area contributed by atoms with Crippen molar-refractivity contribution in [2.75, 3.05) is 7.11 Å². The van der Waals surface area contributed by atoms with Crippen molar-refractivity contribution in [3.63, 3.8) is 0 Å². The van der Waals surface area contributed by atoms with Gasteiger partial charge in [-0.05, 0) is 54.5 Å². The molecule has 25 heavy (non-hydrogen) atoms. The smallest absolute Gasteiger partial charge is 0.161 e. The van der Waals surface area contributed by atoms with E-state index in [-0.39, 0.29) is 6.10 Å². The highest BCUT2D eigenvalue weighted by Gasteiger charge is 2.24. The molecule has 1 atom stereocenters. The Balaban J connectivity index is 1.51. The predicted molar refractivity (Wildman–Crippen MR) is 98.7 cm³/mol. The Hall–Kier alpha value is -2.42. The van der Waals surface area contributed by atoms with Gasteiger partial charge in [0.1, 0.15) is 6.10 Å². The second-order valence-corrected chi connectivity index (χ2v) is 6.77. The van der Waals surface area contributed by atoms with E-state index in [1.165, 1.54) is 24.0 Å². The first kappa shape index (κ1) is 16.1. The number of benzene rings is 2. The zero-order valence-corrected chi connectivity index (χ0v) is 14.6. The van der Waals surface area contributed by atoms with Gasteiger partial charge in [0.05, 0.1) is 19.5 Å². The average molecular weight is 336 g/mol. The molecule has 4 rings (SSSR count). The minimum atomic E-state index is 0.0343. The molecule has 0 bridgehead atoms. The van der Waals surface area contributed by atoms with Crippen LogP contribution in [-0.4, -0.2) is 13.2 Å². The first-order valence-corrected chi connectivity index (χ1v) is 9.08. The molecule has 1 unspecified atom stereocenters. The van der Waals surface area contributed by atoms with E-state index in [0.29, 0.717) is 6.10 Å². The van der Waals surface area contributed by atoms with Crippen LogP contribution < -0.4 is 9.47 Å². The van der Waals surface area contributed by atoms with Crippen molar-refractivity contribution in [1.29, 1.82) is 0 Å². The maximum absolute atomic E-state index is 6.21. The van der Waals surface area contributed by atoms with Crippen LogP contribution in [0.5, 0.6) is 11.5 Å². The lowest BCUT2D eigenvalue weighted by Crippen LogP contribution is -2.12. The number of ether oxygens (including phenoxy) is 3. The normalized spacial score (nSPS) is 20.2. The fourth-order valence-electron chi connectivity index (χ4n) is 3.67. The van der Waals surface area contributed by atoms with Crippen LogP contribution in [0.1, 0.15) is 49.3 Å². The van der Waals surface area contributed by atoms with Crippen LogP contribution in [0.25, 0.3) is 5.57 Å². The zero-order valence-electron chi connectivity index (χ0n) is 14.6. The molecule has 3 nitrogen and oxygen atoms in total. The van der Waals surface area contributed by atoms with E-state index < -0.39 is 0 Å². The summed E-state index contributed by atoms with van der Waals surface area (Å²) in [5.41, 5.74) is 3.59. The lowest BCUT2D eigenvalue weighted by molar-refractivity contribution is 0.170. The highest BCUT2D eigenvalue weighted by molar-refractivity contribution is 5.66. The molecule has 1 aliphatic carbocycles. The molecule has 0 N–H and O–H groups in total. The van der Waals surface area contributed by atoms with Crippen molar-refractivity contribution in [1.82, 2.24) is 0 Å². The molecule has 0 spiro atoms. The first-order chi connectivity index (χ1) is 12.3. The maximum Gasteiger partial charge on any atom is 0.161 e. The minimum absolute atomic E-state index is 0.0343. The van der Waals surface area contributed by atoms with Crippen LogP contribution in [0.4, 0.5) is 0 Å². The molecular formula is C22H24O3. The molecule has 0 saturated heterocycles. The van der Waals surface area contributed by atoms with Crippen molar-refractivity contribution in [2.24, 2.45) is 0 Å². The third-order valence-electron chi connectivity index (χ3n) is 5.08. The average Bonchev–Trinajstić information content (AvgIpc) is 3.34. The molecule has 2 aromatic rings. The summed E-state index contributed by atoms with van der Waals surface area (Å²) >= 11 is 0.